The maximum absolute atomic E-state index is 2.51. The Balaban J connectivity index is 1.00. The van der Waals surface area contributed by atoms with Crippen molar-refractivity contribution >= 4 is 65.6 Å². The third-order valence-electron chi connectivity index (χ3n) is 15.0. The van der Waals surface area contributed by atoms with E-state index in [1.807, 2.05) is 11.3 Å². The van der Waals surface area contributed by atoms with Crippen molar-refractivity contribution in [1.29, 1.82) is 0 Å². The minimum absolute atomic E-state index is 0.125. The summed E-state index contributed by atoms with van der Waals surface area (Å²) in [6, 6.07) is 86.3. The van der Waals surface area contributed by atoms with E-state index in [0.717, 1.165) is 28.4 Å². The Morgan fingerprint density at radius 3 is 1.54 bits per heavy atom. The van der Waals surface area contributed by atoms with Gasteiger partial charge in [0, 0.05) is 59.6 Å². The van der Waals surface area contributed by atoms with E-state index < -0.39 is 5.41 Å². The number of hydrogen-bond donors (Lipinski definition) is 0. The molecule has 1 heterocycles. The molecule has 10 aromatic carbocycles. The molecular weight excluding hydrogens is 829 g/mol. The van der Waals surface area contributed by atoms with Gasteiger partial charge in [-0.05, 0) is 134 Å². The van der Waals surface area contributed by atoms with Gasteiger partial charge in [0.15, 0.2) is 0 Å². The largest absolute Gasteiger partial charge is 0.310 e. The van der Waals surface area contributed by atoms with Crippen LogP contribution in [-0.2, 0) is 10.8 Å². The van der Waals surface area contributed by atoms with Crippen LogP contribution in [0.15, 0.2) is 231 Å². The fourth-order valence-corrected chi connectivity index (χ4v) is 13.3. The SMILES string of the molecule is CC1(C)c2ccccc2-c2ccc(N(c3ccccc3)c3ccc4c(c3)C3(c5ccccc5-4)c4ccccc4-c4c(N(c5ccccc5)c5ccc6c(c5)sc5ccccc56)cccc43)cc21. The lowest BCUT2D eigenvalue weighted by Gasteiger charge is -2.33. The van der Waals surface area contributed by atoms with Gasteiger partial charge in [0.2, 0.25) is 0 Å². The number of thiophene rings is 1. The summed E-state index contributed by atoms with van der Waals surface area (Å²) >= 11 is 1.87. The summed E-state index contributed by atoms with van der Waals surface area (Å²) < 4.78 is 2.60. The monoisotopic (exact) mass is 872 g/mol. The lowest BCUT2D eigenvalue weighted by Crippen LogP contribution is -2.26. The molecule has 3 heteroatoms. The van der Waals surface area contributed by atoms with Crippen LogP contribution in [0, 0.1) is 0 Å². The Hall–Kier alpha value is -7.98. The van der Waals surface area contributed by atoms with Crippen LogP contribution in [0.5, 0.6) is 0 Å². The first-order chi connectivity index (χ1) is 33.0. The first-order valence-electron chi connectivity index (χ1n) is 23.3. The summed E-state index contributed by atoms with van der Waals surface area (Å²) in [4.78, 5) is 4.96. The summed E-state index contributed by atoms with van der Waals surface area (Å²) in [7, 11) is 0. The van der Waals surface area contributed by atoms with Crippen LogP contribution >= 0.6 is 11.3 Å². The highest BCUT2D eigenvalue weighted by molar-refractivity contribution is 7.25. The number of anilines is 6. The Bertz CT molecular complexity index is 3810. The highest BCUT2D eigenvalue weighted by Gasteiger charge is 2.53. The molecule has 0 fully saturated rings. The van der Waals surface area contributed by atoms with E-state index in [9.17, 15) is 0 Å². The molecule has 0 saturated carbocycles. The van der Waals surface area contributed by atoms with Gasteiger partial charge in [0.05, 0.1) is 11.1 Å². The maximum Gasteiger partial charge on any atom is 0.0727 e. The molecule has 14 rings (SSSR count). The molecule has 3 aliphatic rings. The van der Waals surface area contributed by atoms with E-state index in [4.69, 9.17) is 0 Å². The van der Waals surface area contributed by atoms with Crippen molar-refractivity contribution in [2.45, 2.75) is 24.7 Å². The van der Waals surface area contributed by atoms with Gasteiger partial charge in [-0.2, -0.15) is 0 Å². The number of benzene rings is 10. The van der Waals surface area contributed by atoms with Crippen LogP contribution in [0.25, 0.3) is 53.6 Å². The van der Waals surface area contributed by atoms with Crippen LogP contribution in [0.4, 0.5) is 34.1 Å². The molecule has 316 valence electrons. The minimum atomic E-state index is -0.564. The normalized spacial score (nSPS) is 15.5. The van der Waals surface area contributed by atoms with Gasteiger partial charge >= 0.3 is 0 Å². The summed E-state index contributed by atoms with van der Waals surface area (Å²) in [6.07, 6.45) is 0. The van der Waals surface area contributed by atoms with Crippen LogP contribution in [0.3, 0.4) is 0 Å². The minimum Gasteiger partial charge on any atom is -0.310 e. The summed E-state index contributed by atoms with van der Waals surface area (Å²) in [6.45, 7) is 4.74. The summed E-state index contributed by atoms with van der Waals surface area (Å²) in [5.41, 5.74) is 21.9. The molecule has 1 atom stereocenters. The lowest BCUT2D eigenvalue weighted by molar-refractivity contribution is 0.660. The highest BCUT2D eigenvalue weighted by Crippen LogP contribution is 2.65. The topological polar surface area (TPSA) is 6.48 Å². The Morgan fingerprint density at radius 1 is 0.313 bits per heavy atom. The molecule has 2 nitrogen and oxygen atoms in total. The average molecular weight is 873 g/mol. The van der Waals surface area contributed by atoms with Crippen molar-refractivity contribution in [2.24, 2.45) is 0 Å². The predicted octanol–water partition coefficient (Wildman–Crippen LogP) is 17.6. The van der Waals surface area contributed by atoms with Gasteiger partial charge in [-0.3, -0.25) is 0 Å². The molecule has 3 aliphatic carbocycles. The van der Waals surface area contributed by atoms with Crippen LogP contribution < -0.4 is 9.80 Å². The van der Waals surface area contributed by atoms with Gasteiger partial charge in [-0.1, -0.05) is 172 Å². The van der Waals surface area contributed by atoms with E-state index in [2.05, 4.69) is 254 Å². The number of para-hydroxylation sites is 2. The van der Waals surface area contributed by atoms with Gasteiger partial charge in [0.1, 0.15) is 0 Å². The van der Waals surface area contributed by atoms with E-state index in [1.165, 1.54) is 92.6 Å². The zero-order valence-electron chi connectivity index (χ0n) is 37.2. The predicted molar refractivity (Wildman–Crippen MR) is 283 cm³/mol. The third-order valence-corrected chi connectivity index (χ3v) is 16.2. The van der Waals surface area contributed by atoms with Crippen molar-refractivity contribution in [3.05, 3.63) is 264 Å². The fourth-order valence-electron chi connectivity index (χ4n) is 12.2. The highest BCUT2D eigenvalue weighted by atomic mass is 32.1. The molecule has 1 spiro atoms. The number of nitrogens with zero attached hydrogens (tertiary/aromatic N) is 2. The second-order valence-electron chi connectivity index (χ2n) is 18.8. The van der Waals surface area contributed by atoms with E-state index >= 15 is 0 Å². The summed E-state index contributed by atoms with van der Waals surface area (Å²) in [5.74, 6) is 0. The molecule has 0 aliphatic heterocycles. The van der Waals surface area contributed by atoms with Crippen LogP contribution in [-0.4, -0.2) is 0 Å². The fraction of sp³-hybridized carbons (Fsp3) is 0.0625. The molecule has 1 aromatic heterocycles. The number of fused-ring (bicyclic) bond motifs is 16. The van der Waals surface area contributed by atoms with Crippen molar-refractivity contribution in [2.75, 3.05) is 9.80 Å². The van der Waals surface area contributed by atoms with Crippen LogP contribution in [0.1, 0.15) is 47.2 Å². The number of hydrogen-bond acceptors (Lipinski definition) is 3. The molecule has 67 heavy (non-hydrogen) atoms. The quantitative estimate of drug-likeness (QED) is 0.164. The zero-order chi connectivity index (χ0) is 44.4. The van der Waals surface area contributed by atoms with Crippen molar-refractivity contribution in [3.8, 4) is 33.4 Å². The first kappa shape index (κ1) is 38.3. The molecule has 1 unspecified atom stereocenters. The second-order valence-corrected chi connectivity index (χ2v) is 19.9. The Labute approximate surface area is 395 Å². The smallest absolute Gasteiger partial charge is 0.0727 e. The summed E-state index contributed by atoms with van der Waals surface area (Å²) in [5, 5.41) is 2.61. The van der Waals surface area contributed by atoms with Crippen LogP contribution in [0.2, 0.25) is 0 Å². The standard InChI is InChI=1S/C64H44N2S/c1-63(2)53-26-13-9-22-46(53)48-35-32-43(38-57(48)63)65(41-18-5-3-6-19-41)44-33-36-49-47-23-10-14-27-54(47)64(58(49)39-44)55-28-15-11-25-52(55)62-56(64)29-17-30-59(62)66(42-20-7-4-8-21-42)45-34-37-51-50-24-12-16-31-60(50)67-61(51)40-45/h3-40H,1-2H3. The Morgan fingerprint density at radius 2 is 0.806 bits per heavy atom. The van der Waals surface area contributed by atoms with Crippen molar-refractivity contribution < 1.29 is 0 Å². The molecule has 0 amide bonds. The van der Waals surface area contributed by atoms with Crippen molar-refractivity contribution in [1.82, 2.24) is 0 Å². The maximum atomic E-state index is 2.51. The third kappa shape index (κ3) is 5.32. The van der Waals surface area contributed by atoms with E-state index in [0.29, 0.717) is 0 Å². The molecule has 0 radical (unpaired) electrons. The van der Waals surface area contributed by atoms with Crippen molar-refractivity contribution in [3.63, 3.8) is 0 Å². The average Bonchev–Trinajstić information content (AvgIpc) is 4.07. The number of rotatable bonds is 6. The Kier molecular flexibility index (Phi) is 8.15. The molecule has 0 bridgehead atoms. The molecule has 11 aromatic rings. The van der Waals surface area contributed by atoms with Gasteiger partial charge < -0.3 is 9.80 Å². The first-order valence-corrected chi connectivity index (χ1v) is 24.2. The van der Waals surface area contributed by atoms with Gasteiger partial charge in [-0.25, -0.2) is 0 Å². The van der Waals surface area contributed by atoms with E-state index in [-0.39, 0.29) is 5.41 Å². The molecular formula is C64H44N2S. The van der Waals surface area contributed by atoms with E-state index in [1.54, 1.807) is 0 Å². The van der Waals surface area contributed by atoms with Gasteiger partial charge in [-0.15, -0.1) is 11.3 Å². The zero-order valence-corrected chi connectivity index (χ0v) is 38.1. The second kappa shape index (κ2) is 14.3. The molecule has 0 N–H and O–H groups in total. The molecule has 0 saturated heterocycles. The lowest BCUT2D eigenvalue weighted by atomic mass is 9.70. The van der Waals surface area contributed by atoms with Gasteiger partial charge in [0.25, 0.3) is 0 Å².